The van der Waals surface area contributed by atoms with Crippen molar-refractivity contribution in [3.05, 3.63) is 59.4 Å². The molecule has 0 aliphatic carbocycles. The maximum atomic E-state index is 13.0. The number of hydrogen-bond donors (Lipinski definition) is 0. The van der Waals surface area contributed by atoms with E-state index in [1.54, 1.807) is 18.2 Å². The van der Waals surface area contributed by atoms with Crippen LogP contribution in [0.1, 0.15) is 35.5 Å². The highest BCUT2D eigenvalue weighted by molar-refractivity contribution is 6.07. The molecule has 2 heterocycles. The van der Waals surface area contributed by atoms with Crippen LogP contribution in [0.15, 0.2) is 42.6 Å². The van der Waals surface area contributed by atoms with Gasteiger partial charge in [0.25, 0.3) is 5.91 Å². The van der Waals surface area contributed by atoms with Gasteiger partial charge in [-0.3, -0.25) is 9.78 Å². The molecule has 0 unspecified atom stereocenters. The Morgan fingerprint density at radius 3 is 2.57 bits per heavy atom. The molecule has 120 valence electrons. The Kier molecular flexibility index (Phi) is 3.43. The summed E-state index contributed by atoms with van der Waals surface area (Å²) in [5, 5.41) is 0. The number of benzene rings is 1. The summed E-state index contributed by atoms with van der Waals surface area (Å²) in [5.41, 5.74) is -0.118. The first kappa shape index (κ1) is 15.5. The summed E-state index contributed by atoms with van der Waals surface area (Å²) >= 11 is 0. The van der Waals surface area contributed by atoms with Crippen molar-refractivity contribution in [2.45, 2.75) is 32.0 Å². The van der Waals surface area contributed by atoms with E-state index in [1.165, 1.54) is 17.2 Å². The van der Waals surface area contributed by atoms with E-state index in [1.807, 2.05) is 13.8 Å². The van der Waals surface area contributed by atoms with Gasteiger partial charge in [-0.1, -0.05) is 12.1 Å². The fraction of sp³-hybridized carbons (Fsp3) is 0.294. The van der Waals surface area contributed by atoms with Gasteiger partial charge in [0.15, 0.2) is 0 Å². The molecule has 23 heavy (non-hydrogen) atoms. The molecular weight excluding hydrogens is 305 g/mol. The van der Waals surface area contributed by atoms with Crippen LogP contribution < -0.4 is 4.90 Å². The molecule has 3 nitrogen and oxygen atoms in total. The third-order valence-electron chi connectivity index (χ3n) is 3.97. The fourth-order valence-electron chi connectivity index (χ4n) is 2.96. The number of rotatable bonds is 1. The molecule has 1 aliphatic heterocycles. The second-order valence-corrected chi connectivity index (χ2v) is 6.19. The first-order valence-corrected chi connectivity index (χ1v) is 7.16. The Bertz CT molecular complexity index is 754. The number of aromatic nitrogens is 1. The molecule has 1 aromatic heterocycles. The molecule has 0 bridgehead atoms. The topological polar surface area (TPSA) is 33.2 Å². The van der Waals surface area contributed by atoms with Gasteiger partial charge in [-0.05, 0) is 50.1 Å². The number of halogens is 3. The number of alkyl halides is 3. The highest BCUT2D eigenvalue weighted by Gasteiger charge is 2.42. The Labute approximate surface area is 131 Å². The predicted octanol–water partition coefficient (Wildman–Crippen LogP) is 4.08. The molecule has 0 spiro atoms. The van der Waals surface area contributed by atoms with Crippen LogP contribution in [0, 0.1) is 0 Å². The molecule has 6 heteroatoms. The monoisotopic (exact) mass is 320 g/mol. The van der Waals surface area contributed by atoms with Crippen LogP contribution in [0.3, 0.4) is 0 Å². The first-order chi connectivity index (χ1) is 10.7. The van der Waals surface area contributed by atoms with E-state index in [0.717, 1.165) is 17.7 Å². The molecule has 0 radical (unpaired) electrons. The van der Waals surface area contributed by atoms with Crippen LogP contribution in [0.4, 0.5) is 18.9 Å². The third-order valence-corrected chi connectivity index (χ3v) is 3.97. The lowest BCUT2D eigenvalue weighted by Crippen LogP contribution is -2.45. The number of carbonyl (C=O) groups excluding carboxylic acids is 1. The van der Waals surface area contributed by atoms with Crippen molar-refractivity contribution in [1.82, 2.24) is 4.98 Å². The zero-order chi connectivity index (χ0) is 16.8. The predicted molar refractivity (Wildman–Crippen MR) is 80.3 cm³/mol. The van der Waals surface area contributed by atoms with Gasteiger partial charge in [0, 0.05) is 17.4 Å². The van der Waals surface area contributed by atoms with E-state index >= 15 is 0 Å². The van der Waals surface area contributed by atoms with Gasteiger partial charge in [-0.25, -0.2) is 0 Å². The van der Waals surface area contributed by atoms with Crippen LogP contribution in [0.2, 0.25) is 0 Å². The van der Waals surface area contributed by atoms with E-state index < -0.39 is 23.2 Å². The Hall–Kier alpha value is -2.37. The lowest BCUT2D eigenvalue weighted by atomic mass is 9.99. The molecule has 2 aromatic rings. The van der Waals surface area contributed by atoms with Crippen molar-refractivity contribution in [2.24, 2.45) is 0 Å². The maximum Gasteiger partial charge on any atom is 0.416 e. The number of hydrogen-bond acceptors (Lipinski definition) is 2. The average molecular weight is 320 g/mol. The second kappa shape index (κ2) is 5.08. The summed E-state index contributed by atoms with van der Waals surface area (Å²) in [5.74, 6) is -0.395. The molecule has 3 rings (SSSR count). The van der Waals surface area contributed by atoms with Gasteiger partial charge in [-0.2, -0.15) is 13.2 Å². The van der Waals surface area contributed by atoms with Crippen molar-refractivity contribution in [3.8, 4) is 0 Å². The summed E-state index contributed by atoms with van der Waals surface area (Å²) in [6.45, 7) is 3.67. The SMILES string of the molecule is CC1(C)Cc2ccc(C(F)(F)F)cc2N1C(=O)c1ccccn1. The van der Waals surface area contributed by atoms with E-state index in [-0.39, 0.29) is 5.69 Å². The van der Waals surface area contributed by atoms with Crippen molar-refractivity contribution in [2.75, 3.05) is 4.90 Å². The van der Waals surface area contributed by atoms with Crippen LogP contribution in [-0.4, -0.2) is 16.4 Å². The number of amides is 1. The number of anilines is 1. The standard InChI is InChI=1S/C17H15F3N2O/c1-16(2)10-11-6-7-12(17(18,19)20)9-14(11)22(16)15(23)13-5-3-4-8-21-13/h3-9H,10H2,1-2H3. The highest BCUT2D eigenvalue weighted by atomic mass is 19.4. The Morgan fingerprint density at radius 1 is 1.22 bits per heavy atom. The van der Waals surface area contributed by atoms with Gasteiger partial charge in [-0.15, -0.1) is 0 Å². The minimum Gasteiger partial charge on any atom is -0.301 e. The number of nitrogens with zero attached hydrogens (tertiary/aromatic N) is 2. The van der Waals surface area contributed by atoms with Crippen LogP contribution >= 0.6 is 0 Å². The third kappa shape index (κ3) is 2.69. The zero-order valence-electron chi connectivity index (χ0n) is 12.7. The van der Waals surface area contributed by atoms with Gasteiger partial charge < -0.3 is 4.90 Å². The van der Waals surface area contributed by atoms with E-state index in [9.17, 15) is 18.0 Å². The van der Waals surface area contributed by atoms with Gasteiger partial charge in [0.2, 0.25) is 0 Å². The molecule has 1 amide bonds. The lowest BCUT2D eigenvalue weighted by molar-refractivity contribution is -0.137. The average Bonchev–Trinajstić information content (AvgIpc) is 2.75. The van der Waals surface area contributed by atoms with E-state index in [2.05, 4.69) is 4.98 Å². The molecule has 0 atom stereocenters. The minimum absolute atomic E-state index is 0.214. The van der Waals surface area contributed by atoms with E-state index in [4.69, 9.17) is 0 Å². The smallest absolute Gasteiger partial charge is 0.301 e. The van der Waals surface area contributed by atoms with Crippen molar-refractivity contribution in [3.63, 3.8) is 0 Å². The summed E-state index contributed by atoms with van der Waals surface area (Å²) in [4.78, 5) is 18.2. The summed E-state index contributed by atoms with van der Waals surface area (Å²) < 4.78 is 39.0. The van der Waals surface area contributed by atoms with Crippen LogP contribution in [0.25, 0.3) is 0 Å². The summed E-state index contributed by atoms with van der Waals surface area (Å²) in [6, 6.07) is 8.47. The normalized spacial score (nSPS) is 16.3. The molecule has 0 saturated carbocycles. The van der Waals surface area contributed by atoms with E-state index in [0.29, 0.717) is 12.1 Å². The van der Waals surface area contributed by atoms with Gasteiger partial charge in [0.1, 0.15) is 5.69 Å². The fourth-order valence-corrected chi connectivity index (χ4v) is 2.96. The van der Waals surface area contributed by atoms with Crippen LogP contribution in [0.5, 0.6) is 0 Å². The molecule has 0 N–H and O–H groups in total. The Morgan fingerprint density at radius 2 is 1.96 bits per heavy atom. The summed E-state index contributed by atoms with van der Waals surface area (Å²) in [6.07, 6.45) is -2.45. The summed E-state index contributed by atoms with van der Waals surface area (Å²) in [7, 11) is 0. The van der Waals surface area contributed by atoms with Crippen molar-refractivity contribution in [1.29, 1.82) is 0 Å². The van der Waals surface area contributed by atoms with Crippen molar-refractivity contribution >= 4 is 11.6 Å². The number of carbonyl (C=O) groups is 1. The van der Waals surface area contributed by atoms with Crippen LogP contribution in [-0.2, 0) is 12.6 Å². The molecule has 1 aromatic carbocycles. The van der Waals surface area contributed by atoms with Gasteiger partial charge in [0.05, 0.1) is 5.56 Å². The second-order valence-electron chi connectivity index (χ2n) is 6.19. The molecule has 0 saturated heterocycles. The zero-order valence-corrected chi connectivity index (χ0v) is 12.7. The minimum atomic E-state index is -4.44. The molecule has 0 fully saturated rings. The lowest BCUT2D eigenvalue weighted by Gasteiger charge is -2.32. The van der Waals surface area contributed by atoms with Crippen molar-refractivity contribution < 1.29 is 18.0 Å². The Balaban J connectivity index is 2.09. The van der Waals surface area contributed by atoms with Gasteiger partial charge >= 0.3 is 6.18 Å². The quantitative estimate of drug-likeness (QED) is 0.793. The first-order valence-electron chi connectivity index (χ1n) is 7.16. The maximum absolute atomic E-state index is 13.0. The molecule has 1 aliphatic rings. The molecular formula is C17H15F3N2O. The largest absolute Gasteiger partial charge is 0.416 e. The number of fused-ring (bicyclic) bond motifs is 1. The highest BCUT2D eigenvalue weighted by Crippen LogP contribution is 2.42. The number of pyridine rings is 1.